The van der Waals surface area contributed by atoms with Gasteiger partial charge in [0.25, 0.3) is 0 Å². The number of nitrogens with one attached hydrogen (secondary N) is 1. The summed E-state index contributed by atoms with van der Waals surface area (Å²) in [5.74, 6) is 0. The quantitative estimate of drug-likeness (QED) is 0.887. The monoisotopic (exact) mass is 308 g/mol. The van der Waals surface area contributed by atoms with Gasteiger partial charge >= 0.3 is 0 Å². The van der Waals surface area contributed by atoms with Gasteiger partial charge in [0.05, 0.1) is 10.0 Å². The Labute approximate surface area is 129 Å². The highest BCUT2D eigenvalue weighted by atomic mass is 35.5. The fourth-order valence-corrected chi connectivity index (χ4v) is 3.31. The Bertz CT molecular complexity index is 619. The molecule has 1 atom stereocenters. The van der Waals surface area contributed by atoms with E-state index in [9.17, 15) is 0 Å². The lowest BCUT2D eigenvalue weighted by Crippen LogP contribution is -2.20. The molecule has 1 aliphatic carbocycles. The van der Waals surface area contributed by atoms with Crippen LogP contribution in [0.1, 0.15) is 35.6 Å². The van der Waals surface area contributed by atoms with Gasteiger partial charge in [0.1, 0.15) is 0 Å². The van der Waals surface area contributed by atoms with E-state index < -0.39 is 0 Å². The summed E-state index contributed by atoms with van der Waals surface area (Å²) in [4.78, 5) is 0. The summed E-state index contributed by atoms with van der Waals surface area (Å²) in [6, 6.07) is 6.33. The van der Waals surface area contributed by atoms with Gasteiger partial charge in [-0.05, 0) is 55.1 Å². The molecule has 0 bridgehead atoms. The highest BCUT2D eigenvalue weighted by Crippen LogP contribution is 2.30. The molecule has 0 spiro atoms. The van der Waals surface area contributed by atoms with Crippen molar-refractivity contribution in [1.29, 1.82) is 0 Å². The summed E-state index contributed by atoms with van der Waals surface area (Å²) in [5, 5.41) is 4.63. The smallest absolute Gasteiger partial charge is 0.0595 e. The van der Waals surface area contributed by atoms with Gasteiger partial charge in [-0.3, -0.25) is 0 Å². The van der Waals surface area contributed by atoms with Crippen molar-refractivity contribution in [2.75, 3.05) is 7.05 Å². The van der Waals surface area contributed by atoms with Crippen molar-refractivity contribution in [2.24, 2.45) is 0 Å². The molecule has 1 aromatic heterocycles. The van der Waals surface area contributed by atoms with E-state index in [0.29, 0.717) is 16.1 Å². The van der Waals surface area contributed by atoms with E-state index in [-0.39, 0.29) is 0 Å². The Balaban J connectivity index is 1.84. The lowest BCUT2D eigenvalue weighted by atomic mass is 9.91. The first-order chi connectivity index (χ1) is 9.67. The number of aromatic nitrogens is 1. The van der Waals surface area contributed by atoms with Crippen LogP contribution in [0.25, 0.3) is 0 Å². The summed E-state index contributed by atoms with van der Waals surface area (Å²) in [5.41, 5.74) is 4.09. The van der Waals surface area contributed by atoms with Crippen LogP contribution in [0, 0.1) is 0 Å². The minimum atomic E-state index is 0.494. The fraction of sp³-hybridized carbons (Fsp3) is 0.375. The van der Waals surface area contributed by atoms with Crippen LogP contribution < -0.4 is 5.32 Å². The van der Waals surface area contributed by atoms with Gasteiger partial charge in [-0.2, -0.15) is 0 Å². The van der Waals surface area contributed by atoms with Crippen molar-refractivity contribution in [3.63, 3.8) is 0 Å². The number of benzene rings is 1. The van der Waals surface area contributed by atoms with Gasteiger partial charge in [-0.25, -0.2) is 0 Å². The molecule has 0 saturated carbocycles. The lowest BCUT2D eigenvalue weighted by molar-refractivity contribution is 0.498. The molecule has 2 nitrogen and oxygen atoms in total. The summed E-state index contributed by atoms with van der Waals surface area (Å²) >= 11 is 12.0. The van der Waals surface area contributed by atoms with Crippen LogP contribution >= 0.6 is 23.2 Å². The third-order valence-corrected chi connectivity index (χ3v) is 4.75. The molecule has 20 heavy (non-hydrogen) atoms. The number of halogens is 2. The highest BCUT2D eigenvalue weighted by molar-refractivity contribution is 6.42. The second-order valence-electron chi connectivity index (χ2n) is 5.39. The first-order valence-electron chi connectivity index (χ1n) is 6.97. The Hall–Kier alpha value is -0.960. The normalized spacial score (nSPS) is 18.1. The summed E-state index contributed by atoms with van der Waals surface area (Å²) in [7, 11) is 2.04. The average molecular weight is 309 g/mol. The molecule has 3 rings (SSSR count). The zero-order valence-corrected chi connectivity index (χ0v) is 13.0. The van der Waals surface area contributed by atoms with E-state index in [4.69, 9.17) is 23.2 Å². The number of nitrogens with zero attached hydrogens (tertiary/aromatic N) is 1. The standard InChI is InChI=1S/C16H18Cl2N2/c1-19-16-4-2-3-12-9-20(10-13(12)16)8-11-5-6-14(17)15(18)7-11/h5-7,9-10,16,19H,2-4,8H2,1H3. The molecule has 1 N–H and O–H groups in total. The van der Waals surface area contributed by atoms with Crippen molar-refractivity contribution in [3.8, 4) is 0 Å². The maximum atomic E-state index is 6.08. The molecule has 2 aromatic rings. The minimum absolute atomic E-state index is 0.494. The van der Waals surface area contributed by atoms with E-state index in [1.165, 1.54) is 36.0 Å². The molecule has 1 heterocycles. The molecule has 0 saturated heterocycles. The van der Waals surface area contributed by atoms with E-state index in [1.807, 2.05) is 25.2 Å². The molecule has 1 unspecified atom stereocenters. The third kappa shape index (κ3) is 2.73. The molecular formula is C16H18Cl2N2. The molecule has 0 radical (unpaired) electrons. The van der Waals surface area contributed by atoms with Crippen molar-refractivity contribution < 1.29 is 0 Å². The summed E-state index contributed by atoms with van der Waals surface area (Å²) in [6.45, 7) is 0.834. The van der Waals surface area contributed by atoms with Crippen molar-refractivity contribution in [1.82, 2.24) is 9.88 Å². The topological polar surface area (TPSA) is 17.0 Å². The summed E-state index contributed by atoms with van der Waals surface area (Å²) in [6.07, 6.45) is 8.19. The first-order valence-corrected chi connectivity index (χ1v) is 7.72. The number of hydrogen-bond donors (Lipinski definition) is 1. The first kappa shape index (κ1) is 14.0. The Morgan fingerprint density at radius 3 is 2.85 bits per heavy atom. The van der Waals surface area contributed by atoms with E-state index in [0.717, 1.165) is 6.54 Å². The number of hydrogen-bond acceptors (Lipinski definition) is 1. The van der Waals surface area contributed by atoms with Gasteiger partial charge in [0.15, 0.2) is 0 Å². The lowest BCUT2D eigenvalue weighted by Gasteiger charge is -2.21. The Morgan fingerprint density at radius 2 is 2.10 bits per heavy atom. The second-order valence-corrected chi connectivity index (χ2v) is 6.21. The van der Waals surface area contributed by atoms with Crippen LogP contribution in [-0.2, 0) is 13.0 Å². The number of rotatable bonds is 3. The van der Waals surface area contributed by atoms with Crippen LogP contribution in [0.5, 0.6) is 0 Å². The van der Waals surface area contributed by atoms with Crippen molar-refractivity contribution in [2.45, 2.75) is 31.8 Å². The third-order valence-electron chi connectivity index (χ3n) is 4.01. The predicted molar refractivity (Wildman–Crippen MR) is 84.7 cm³/mol. The largest absolute Gasteiger partial charge is 0.349 e. The SMILES string of the molecule is CNC1CCCc2cn(Cc3ccc(Cl)c(Cl)c3)cc21. The van der Waals surface area contributed by atoms with Crippen molar-refractivity contribution in [3.05, 3.63) is 57.3 Å². The molecule has 0 aliphatic heterocycles. The van der Waals surface area contributed by atoms with E-state index in [2.05, 4.69) is 22.3 Å². The highest BCUT2D eigenvalue weighted by Gasteiger charge is 2.20. The summed E-state index contributed by atoms with van der Waals surface area (Å²) < 4.78 is 2.25. The molecular weight excluding hydrogens is 291 g/mol. The minimum Gasteiger partial charge on any atom is -0.349 e. The van der Waals surface area contributed by atoms with Gasteiger partial charge in [0, 0.05) is 25.0 Å². The van der Waals surface area contributed by atoms with Gasteiger partial charge in [-0.1, -0.05) is 29.3 Å². The van der Waals surface area contributed by atoms with E-state index >= 15 is 0 Å². The molecule has 4 heteroatoms. The van der Waals surface area contributed by atoms with E-state index in [1.54, 1.807) is 0 Å². The van der Waals surface area contributed by atoms with Crippen LogP contribution in [0.2, 0.25) is 10.0 Å². The maximum Gasteiger partial charge on any atom is 0.0595 e. The van der Waals surface area contributed by atoms with Crippen molar-refractivity contribution >= 4 is 23.2 Å². The average Bonchev–Trinajstić information content (AvgIpc) is 2.85. The second kappa shape index (κ2) is 5.80. The molecule has 106 valence electrons. The van der Waals surface area contributed by atoms with Crippen LogP contribution in [0.15, 0.2) is 30.6 Å². The molecule has 1 aliphatic rings. The van der Waals surface area contributed by atoms with Crippen LogP contribution in [0.4, 0.5) is 0 Å². The molecule has 0 fully saturated rings. The zero-order valence-electron chi connectivity index (χ0n) is 11.5. The molecule has 1 aromatic carbocycles. The van der Waals surface area contributed by atoms with Gasteiger partial charge in [-0.15, -0.1) is 0 Å². The predicted octanol–water partition coefficient (Wildman–Crippen LogP) is 4.44. The van der Waals surface area contributed by atoms with Crippen LogP contribution in [0.3, 0.4) is 0 Å². The molecule has 0 amide bonds. The number of aryl methyl sites for hydroxylation is 1. The van der Waals surface area contributed by atoms with Gasteiger partial charge < -0.3 is 9.88 Å². The fourth-order valence-electron chi connectivity index (χ4n) is 2.99. The number of fused-ring (bicyclic) bond motifs is 1. The maximum absolute atomic E-state index is 6.08. The Morgan fingerprint density at radius 1 is 1.25 bits per heavy atom. The van der Waals surface area contributed by atoms with Gasteiger partial charge in [0.2, 0.25) is 0 Å². The van der Waals surface area contributed by atoms with Crippen LogP contribution in [-0.4, -0.2) is 11.6 Å². The zero-order chi connectivity index (χ0) is 14.1. The Kier molecular flexibility index (Phi) is 4.06.